The third kappa shape index (κ3) is 18.4. The molecule has 2 nitrogen and oxygen atoms in total. The largest absolute Gasteiger partial charge is 0.353 e. The zero-order chi connectivity index (χ0) is 17.7. The van der Waals surface area contributed by atoms with Crippen molar-refractivity contribution >= 4 is 5.91 Å². The number of rotatable bonds is 15. The Labute approximate surface area is 147 Å². The maximum Gasteiger partial charge on any atom is 0.220 e. The Morgan fingerprint density at radius 2 is 1.33 bits per heavy atom. The summed E-state index contributed by atoms with van der Waals surface area (Å²) in [4.78, 5) is 11.2. The first-order valence-corrected chi connectivity index (χ1v) is 9.23. The normalized spacial score (nSPS) is 12.2. The molecule has 0 radical (unpaired) electrons. The predicted molar refractivity (Wildman–Crippen MR) is 103 cm³/mol. The van der Waals surface area contributed by atoms with Gasteiger partial charge in [0.15, 0.2) is 0 Å². The highest BCUT2D eigenvalue weighted by Gasteiger charge is 1.97. The third-order valence-corrected chi connectivity index (χ3v) is 3.40. The van der Waals surface area contributed by atoms with E-state index in [9.17, 15) is 9.18 Å². The molecule has 0 rings (SSSR count). The van der Waals surface area contributed by atoms with Crippen LogP contribution in [-0.4, -0.2) is 19.1 Å². The molecule has 0 saturated carbocycles. The first kappa shape index (κ1) is 22.4. The molecule has 0 spiro atoms. The molecule has 0 heterocycles. The summed E-state index contributed by atoms with van der Waals surface area (Å²) in [5, 5.41) is 2.52. The Morgan fingerprint density at radius 1 is 0.833 bits per heavy atom. The molecule has 24 heavy (non-hydrogen) atoms. The van der Waals surface area contributed by atoms with E-state index in [2.05, 4.69) is 60.8 Å². The monoisotopic (exact) mass is 335 g/mol. The highest BCUT2D eigenvalue weighted by molar-refractivity contribution is 5.75. The van der Waals surface area contributed by atoms with Gasteiger partial charge in [0.2, 0.25) is 5.91 Å². The van der Waals surface area contributed by atoms with Gasteiger partial charge >= 0.3 is 0 Å². The van der Waals surface area contributed by atoms with Gasteiger partial charge < -0.3 is 5.32 Å². The van der Waals surface area contributed by atoms with Gasteiger partial charge in [-0.2, -0.15) is 0 Å². The lowest BCUT2D eigenvalue weighted by Gasteiger charge is -2.00. The molecule has 0 unspecified atom stereocenters. The molecule has 0 aliphatic heterocycles. The van der Waals surface area contributed by atoms with Gasteiger partial charge in [0, 0.05) is 13.0 Å². The summed E-state index contributed by atoms with van der Waals surface area (Å²) in [5.41, 5.74) is 0. The van der Waals surface area contributed by atoms with Gasteiger partial charge in [-0.3, -0.25) is 4.79 Å². The molecular formula is C21H34FNO. The van der Waals surface area contributed by atoms with Crippen LogP contribution in [-0.2, 0) is 4.79 Å². The summed E-state index contributed by atoms with van der Waals surface area (Å²) in [6.07, 6.45) is 26.3. The van der Waals surface area contributed by atoms with Gasteiger partial charge in [-0.15, -0.1) is 0 Å². The van der Waals surface area contributed by atoms with Gasteiger partial charge in [-0.05, 0) is 38.5 Å². The molecule has 0 fully saturated rings. The van der Waals surface area contributed by atoms with Crippen LogP contribution in [0.5, 0.6) is 0 Å². The minimum atomic E-state index is -0.497. The molecule has 0 aromatic rings. The lowest BCUT2D eigenvalue weighted by molar-refractivity contribution is -0.121. The average molecular weight is 336 g/mol. The van der Waals surface area contributed by atoms with E-state index in [0.717, 1.165) is 32.1 Å². The maximum absolute atomic E-state index is 11.8. The summed E-state index contributed by atoms with van der Waals surface area (Å²) in [5.74, 6) is -0.0621. The lowest BCUT2D eigenvalue weighted by atomic mass is 10.2. The van der Waals surface area contributed by atoms with Crippen molar-refractivity contribution in [3.63, 3.8) is 0 Å². The van der Waals surface area contributed by atoms with E-state index >= 15 is 0 Å². The minimum Gasteiger partial charge on any atom is -0.353 e. The molecule has 136 valence electrons. The van der Waals surface area contributed by atoms with Crippen molar-refractivity contribution in [1.82, 2.24) is 5.32 Å². The molecule has 1 amide bonds. The Kier molecular flexibility index (Phi) is 18.1. The molecular weight excluding hydrogens is 301 g/mol. The fraction of sp³-hybridized carbons (Fsp3) is 0.571. The Bertz CT molecular complexity index is 397. The second-order valence-electron chi connectivity index (χ2n) is 5.67. The van der Waals surface area contributed by atoms with E-state index in [1.807, 2.05) is 0 Å². The number of unbranched alkanes of at least 4 members (excludes halogenated alkanes) is 3. The molecule has 0 bridgehead atoms. The topological polar surface area (TPSA) is 29.1 Å². The molecule has 0 aromatic carbocycles. The number of hydrogen-bond donors (Lipinski definition) is 1. The van der Waals surface area contributed by atoms with E-state index in [-0.39, 0.29) is 12.5 Å². The first-order valence-electron chi connectivity index (χ1n) is 9.23. The van der Waals surface area contributed by atoms with Crippen LogP contribution in [0, 0.1) is 0 Å². The first-order chi connectivity index (χ1) is 11.8. The number of halogens is 1. The van der Waals surface area contributed by atoms with Crippen LogP contribution in [0.15, 0.2) is 48.6 Å². The molecule has 0 aliphatic rings. The molecule has 3 heteroatoms. The SMILES string of the molecule is CCCC/C=C\C/C=C\C/C=C\C/C=C\CCCC(=O)NCCF. The summed E-state index contributed by atoms with van der Waals surface area (Å²) >= 11 is 0. The van der Waals surface area contributed by atoms with Crippen molar-refractivity contribution < 1.29 is 9.18 Å². The maximum atomic E-state index is 11.8. The Hall–Kier alpha value is -1.64. The zero-order valence-corrected chi connectivity index (χ0v) is 15.2. The highest BCUT2D eigenvalue weighted by Crippen LogP contribution is 2.00. The highest BCUT2D eigenvalue weighted by atomic mass is 19.1. The van der Waals surface area contributed by atoms with Gasteiger partial charge in [0.1, 0.15) is 6.67 Å². The smallest absolute Gasteiger partial charge is 0.220 e. The van der Waals surface area contributed by atoms with Crippen molar-refractivity contribution in [2.75, 3.05) is 13.2 Å². The number of carbonyl (C=O) groups excluding carboxylic acids is 1. The second kappa shape index (κ2) is 19.4. The van der Waals surface area contributed by atoms with Gasteiger partial charge in [0.25, 0.3) is 0 Å². The van der Waals surface area contributed by atoms with Crippen molar-refractivity contribution in [2.45, 2.75) is 64.7 Å². The van der Waals surface area contributed by atoms with Gasteiger partial charge in [-0.25, -0.2) is 4.39 Å². The molecule has 0 aromatic heterocycles. The second-order valence-corrected chi connectivity index (χ2v) is 5.67. The number of carbonyl (C=O) groups is 1. The van der Waals surface area contributed by atoms with Crippen LogP contribution < -0.4 is 5.32 Å². The van der Waals surface area contributed by atoms with Crippen molar-refractivity contribution in [1.29, 1.82) is 0 Å². The predicted octanol–water partition coefficient (Wildman–Crippen LogP) is 5.83. The number of amides is 1. The number of alkyl halides is 1. The van der Waals surface area contributed by atoms with E-state index < -0.39 is 6.67 Å². The van der Waals surface area contributed by atoms with Crippen LogP contribution in [0.1, 0.15) is 64.7 Å². The Morgan fingerprint density at radius 3 is 1.83 bits per heavy atom. The minimum absolute atomic E-state index is 0.0621. The van der Waals surface area contributed by atoms with Crippen molar-refractivity contribution in [3.05, 3.63) is 48.6 Å². The Balaban J connectivity index is 3.45. The number of nitrogens with one attached hydrogen (secondary N) is 1. The summed E-state index contributed by atoms with van der Waals surface area (Å²) in [7, 11) is 0. The quantitative estimate of drug-likeness (QED) is 0.296. The lowest BCUT2D eigenvalue weighted by Crippen LogP contribution is -2.24. The van der Waals surface area contributed by atoms with E-state index in [4.69, 9.17) is 0 Å². The molecule has 0 atom stereocenters. The van der Waals surface area contributed by atoms with E-state index in [1.54, 1.807) is 0 Å². The average Bonchev–Trinajstić information content (AvgIpc) is 2.59. The summed E-state index contributed by atoms with van der Waals surface area (Å²) in [6, 6.07) is 0. The number of hydrogen-bond acceptors (Lipinski definition) is 1. The van der Waals surface area contributed by atoms with Crippen LogP contribution in [0.2, 0.25) is 0 Å². The summed E-state index contributed by atoms with van der Waals surface area (Å²) < 4.78 is 11.8. The molecule has 0 aliphatic carbocycles. The van der Waals surface area contributed by atoms with E-state index in [1.165, 1.54) is 19.3 Å². The molecule has 1 N–H and O–H groups in total. The van der Waals surface area contributed by atoms with Crippen LogP contribution in [0.4, 0.5) is 4.39 Å². The van der Waals surface area contributed by atoms with E-state index in [0.29, 0.717) is 6.42 Å². The summed E-state index contributed by atoms with van der Waals surface area (Å²) in [6.45, 7) is 1.84. The van der Waals surface area contributed by atoms with Crippen molar-refractivity contribution in [3.8, 4) is 0 Å². The van der Waals surface area contributed by atoms with Crippen molar-refractivity contribution in [2.24, 2.45) is 0 Å². The fourth-order valence-corrected chi connectivity index (χ4v) is 2.03. The molecule has 0 saturated heterocycles. The standard InChI is InChI=1S/C21H34FNO/c1-2-3-4-5-6-7-8-9-10-11-12-13-14-15-16-17-18-21(24)23-20-19-22/h5-6,8-9,11-12,14-15H,2-4,7,10,13,16-20H2,1H3,(H,23,24)/b6-5-,9-8-,12-11-,15-14-. The van der Waals surface area contributed by atoms with Crippen LogP contribution in [0.25, 0.3) is 0 Å². The van der Waals surface area contributed by atoms with Crippen LogP contribution in [0.3, 0.4) is 0 Å². The van der Waals surface area contributed by atoms with Gasteiger partial charge in [-0.1, -0.05) is 68.4 Å². The third-order valence-electron chi connectivity index (χ3n) is 3.40. The number of allylic oxidation sites excluding steroid dienone is 8. The zero-order valence-electron chi connectivity index (χ0n) is 15.2. The van der Waals surface area contributed by atoms with Gasteiger partial charge in [0.05, 0.1) is 0 Å². The van der Waals surface area contributed by atoms with Crippen LogP contribution >= 0.6 is 0 Å². The fourth-order valence-electron chi connectivity index (χ4n) is 2.03.